The first-order chi connectivity index (χ1) is 12.9. The Morgan fingerprint density at radius 1 is 1.30 bits per heavy atom. The van der Waals surface area contributed by atoms with E-state index in [1.165, 1.54) is 4.90 Å². The van der Waals surface area contributed by atoms with Crippen LogP contribution in [0.1, 0.15) is 22.6 Å². The molecule has 0 saturated heterocycles. The van der Waals surface area contributed by atoms with Crippen molar-refractivity contribution < 1.29 is 14.6 Å². The number of hydrogen-bond acceptors (Lipinski definition) is 3. The van der Waals surface area contributed by atoms with E-state index in [0.717, 1.165) is 29.8 Å². The zero-order valence-corrected chi connectivity index (χ0v) is 16.8. The summed E-state index contributed by atoms with van der Waals surface area (Å²) < 4.78 is 5.00. The number of amides is 1. The number of benzene rings is 2. The van der Waals surface area contributed by atoms with Crippen LogP contribution in [-0.2, 0) is 11.3 Å². The van der Waals surface area contributed by atoms with Gasteiger partial charge in [0.1, 0.15) is 0 Å². The molecule has 1 aliphatic heterocycles. The van der Waals surface area contributed by atoms with E-state index in [-0.39, 0.29) is 12.5 Å². The first-order valence-electron chi connectivity index (χ1n) is 8.66. The van der Waals surface area contributed by atoms with Gasteiger partial charge in [-0.1, -0.05) is 35.3 Å². The quantitative estimate of drug-likeness (QED) is 0.778. The molecule has 5 nitrogen and oxygen atoms in total. The predicted molar refractivity (Wildman–Crippen MR) is 108 cm³/mol. The van der Waals surface area contributed by atoms with E-state index in [4.69, 9.17) is 27.9 Å². The van der Waals surface area contributed by atoms with E-state index >= 15 is 0 Å². The molecule has 1 amide bonds. The van der Waals surface area contributed by atoms with Crippen molar-refractivity contribution in [3.8, 4) is 0 Å². The van der Waals surface area contributed by atoms with E-state index in [0.29, 0.717) is 22.3 Å². The van der Waals surface area contributed by atoms with E-state index in [2.05, 4.69) is 11.9 Å². The molecule has 0 aromatic heterocycles. The van der Waals surface area contributed by atoms with Crippen LogP contribution in [0.2, 0.25) is 10.0 Å². The molecular formula is C20H22Cl2N2O3. The lowest BCUT2D eigenvalue weighted by Gasteiger charge is -2.33. The topological polar surface area (TPSA) is 53.0 Å². The molecule has 3 rings (SSSR count). The molecule has 0 unspecified atom stereocenters. The maximum atomic E-state index is 11.5. The maximum Gasteiger partial charge on any atom is 0.411 e. The summed E-state index contributed by atoms with van der Waals surface area (Å²) >= 11 is 12.7. The molecular weight excluding hydrogens is 387 g/mol. The van der Waals surface area contributed by atoms with Crippen molar-refractivity contribution in [3.05, 3.63) is 63.1 Å². The van der Waals surface area contributed by atoms with Gasteiger partial charge in [0.15, 0.2) is 0 Å². The second-order valence-electron chi connectivity index (χ2n) is 6.72. The summed E-state index contributed by atoms with van der Waals surface area (Å²) in [5.74, 6) is 0.126. The van der Waals surface area contributed by atoms with Crippen LogP contribution < -0.4 is 4.90 Å². The van der Waals surface area contributed by atoms with Crippen LogP contribution in [-0.4, -0.2) is 50.0 Å². The number of carboxylic acid groups (broad SMARTS) is 1. The Morgan fingerprint density at radius 3 is 2.63 bits per heavy atom. The lowest BCUT2D eigenvalue weighted by molar-refractivity contribution is 0.186. The average Bonchev–Trinajstić information content (AvgIpc) is 2.62. The third-order valence-corrected chi connectivity index (χ3v) is 5.40. The number of anilines is 1. The van der Waals surface area contributed by atoms with Crippen molar-refractivity contribution in [1.29, 1.82) is 0 Å². The summed E-state index contributed by atoms with van der Waals surface area (Å²) in [5.41, 5.74) is 3.95. The summed E-state index contributed by atoms with van der Waals surface area (Å²) in [5, 5.41) is 10.7. The van der Waals surface area contributed by atoms with Crippen molar-refractivity contribution in [2.24, 2.45) is 0 Å². The summed E-state index contributed by atoms with van der Waals surface area (Å²) in [6.07, 6.45) is -0.999. The highest BCUT2D eigenvalue weighted by Crippen LogP contribution is 2.38. The fourth-order valence-electron chi connectivity index (χ4n) is 3.53. The van der Waals surface area contributed by atoms with Crippen LogP contribution in [0, 0.1) is 0 Å². The lowest BCUT2D eigenvalue weighted by Crippen LogP contribution is -2.33. The Kier molecular flexibility index (Phi) is 6.27. The SMILES string of the molecule is COCCN(C(=O)O)c1ccc([C@@H]2CN(C)Cc3c(Cl)cc(Cl)cc32)cc1. The fourth-order valence-corrected chi connectivity index (χ4v) is 4.10. The van der Waals surface area contributed by atoms with E-state index in [1.54, 1.807) is 13.2 Å². The van der Waals surface area contributed by atoms with Crippen LogP contribution in [0.5, 0.6) is 0 Å². The van der Waals surface area contributed by atoms with Gasteiger partial charge in [-0.3, -0.25) is 4.90 Å². The summed E-state index contributed by atoms with van der Waals surface area (Å²) in [6, 6.07) is 11.4. The molecule has 144 valence electrons. The molecule has 1 aliphatic rings. The second-order valence-corrected chi connectivity index (χ2v) is 7.57. The minimum Gasteiger partial charge on any atom is -0.465 e. The highest BCUT2D eigenvalue weighted by molar-refractivity contribution is 6.35. The first-order valence-corrected chi connectivity index (χ1v) is 9.42. The molecule has 27 heavy (non-hydrogen) atoms. The Balaban J connectivity index is 1.93. The van der Waals surface area contributed by atoms with E-state index < -0.39 is 6.09 Å². The summed E-state index contributed by atoms with van der Waals surface area (Å²) in [6.45, 7) is 2.25. The minimum absolute atomic E-state index is 0.126. The highest BCUT2D eigenvalue weighted by Gasteiger charge is 2.27. The third kappa shape index (κ3) is 4.38. The van der Waals surface area contributed by atoms with Gasteiger partial charge in [-0.15, -0.1) is 0 Å². The normalized spacial score (nSPS) is 16.8. The van der Waals surface area contributed by atoms with Crippen molar-refractivity contribution >= 4 is 35.0 Å². The number of rotatable bonds is 5. The van der Waals surface area contributed by atoms with Crippen molar-refractivity contribution in [1.82, 2.24) is 4.90 Å². The maximum absolute atomic E-state index is 11.5. The highest BCUT2D eigenvalue weighted by atomic mass is 35.5. The Morgan fingerprint density at radius 2 is 2.00 bits per heavy atom. The number of methoxy groups -OCH3 is 1. The van der Waals surface area contributed by atoms with E-state index in [9.17, 15) is 9.90 Å². The third-order valence-electron chi connectivity index (χ3n) is 4.85. The monoisotopic (exact) mass is 408 g/mol. The number of ether oxygens (including phenoxy) is 1. The van der Waals surface area contributed by atoms with Gasteiger partial charge in [0, 0.05) is 41.8 Å². The van der Waals surface area contributed by atoms with Gasteiger partial charge < -0.3 is 14.7 Å². The standard InChI is InChI=1S/C20H22Cl2N2O3/c1-23-11-17(16-9-14(21)10-19(22)18(16)12-23)13-3-5-15(6-4-13)24(20(25)26)7-8-27-2/h3-6,9-10,17H,7-8,11-12H2,1-2H3,(H,25,26)/t17-/m0/s1. The van der Waals surface area contributed by atoms with Gasteiger partial charge in [0.25, 0.3) is 0 Å². The van der Waals surface area contributed by atoms with Gasteiger partial charge in [-0.2, -0.15) is 0 Å². The zero-order chi connectivity index (χ0) is 19.6. The summed E-state index contributed by atoms with van der Waals surface area (Å²) in [7, 11) is 3.61. The van der Waals surface area contributed by atoms with Crippen LogP contribution in [0.25, 0.3) is 0 Å². The molecule has 0 spiro atoms. The van der Waals surface area contributed by atoms with Gasteiger partial charge in [0.2, 0.25) is 0 Å². The van der Waals surface area contributed by atoms with Crippen LogP contribution in [0.15, 0.2) is 36.4 Å². The Hall–Kier alpha value is -1.79. The van der Waals surface area contributed by atoms with Gasteiger partial charge in [-0.25, -0.2) is 4.79 Å². The lowest BCUT2D eigenvalue weighted by atomic mass is 9.84. The molecule has 2 aromatic rings. The molecule has 0 bridgehead atoms. The molecule has 1 heterocycles. The molecule has 0 aliphatic carbocycles. The van der Waals surface area contributed by atoms with Gasteiger partial charge >= 0.3 is 6.09 Å². The van der Waals surface area contributed by atoms with Crippen LogP contribution >= 0.6 is 23.2 Å². The predicted octanol–water partition coefficient (Wildman–Crippen LogP) is 4.70. The minimum atomic E-state index is -0.999. The Bertz CT molecular complexity index is 827. The number of nitrogens with zero attached hydrogens (tertiary/aromatic N) is 2. The number of hydrogen-bond donors (Lipinski definition) is 1. The van der Waals surface area contributed by atoms with Gasteiger partial charge in [-0.05, 0) is 48.0 Å². The molecule has 0 saturated carbocycles. The smallest absolute Gasteiger partial charge is 0.411 e. The first kappa shape index (κ1) is 20.0. The van der Waals surface area contributed by atoms with Crippen molar-refractivity contribution in [2.45, 2.75) is 12.5 Å². The number of carbonyl (C=O) groups is 1. The van der Waals surface area contributed by atoms with Crippen molar-refractivity contribution in [3.63, 3.8) is 0 Å². The summed E-state index contributed by atoms with van der Waals surface area (Å²) in [4.78, 5) is 15.0. The molecule has 7 heteroatoms. The Labute approximate surface area is 169 Å². The fraction of sp³-hybridized carbons (Fsp3) is 0.350. The van der Waals surface area contributed by atoms with Crippen LogP contribution in [0.4, 0.5) is 10.5 Å². The average molecular weight is 409 g/mol. The molecule has 1 atom stereocenters. The molecule has 0 radical (unpaired) electrons. The molecule has 1 N–H and O–H groups in total. The number of likely N-dealkylation sites (N-methyl/N-ethyl adjacent to an activating group) is 1. The number of fused-ring (bicyclic) bond motifs is 1. The van der Waals surface area contributed by atoms with E-state index in [1.807, 2.05) is 30.3 Å². The zero-order valence-electron chi connectivity index (χ0n) is 15.3. The number of halogens is 2. The second kappa shape index (κ2) is 8.48. The largest absolute Gasteiger partial charge is 0.465 e. The van der Waals surface area contributed by atoms with Crippen LogP contribution in [0.3, 0.4) is 0 Å². The molecule has 2 aromatic carbocycles. The van der Waals surface area contributed by atoms with Crippen molar-refractivity contribution in [2.75, 3.05) is 38.8 Å². The molecule has 0 fully saturated rings. The van der Waals surface area contributed by atoms with Gasteiger partial charge in [0.05, 0.1) is 13.2 Å².